The standard InChI is InChI=1S/C14H29NO2/c1-4-6-9-13(5-2)11-17-14(16)12(3)8-7-10-15/h12-13H,4-11,15H2,1-3H3. The van der Waals surface area contributed by atoms with Gasteiger partial charge in [0.1, 0.15) is 0 Å². The normalized spacial score (nSPS) is 14.4. The summed E-state index contributed by atoms with van der Waals surface area (Å²) in [5, 5.41) is 0. The molecule has 0 heterocycles. The van der Waals surface area contributed by atoms with E-state index < -0.39 is 0 Å². The molecule has 0 fully saturated rings. The highest BCUT2D eigenvalue weighted by Gasteiger charge is 2.15. The Labute approximate surface area is 106 Å². The van der Waals surface area contributed by atoms with Crippen molar-refractivity contribution in [3.8, 4) is 0 Å². The zero-order chi connectivity index (χ0) is 13.1. The second-order valence-corrected chi connectivity index (χ2v) is 4.88. The fourth-order valence-electron chi connectivity index (χ4n) is 1.78. The van der Waals surface area contributed by atoms with Crippen LogP contribution in [0.2, 0.25) is 0 Å². The maximum absolute atomic E-state index is 11.7. The van der Waals surface area contributed by atoms with Crippen molar-refractivity contribution in [3.05, 3.63) is 0 Å². The molecule has 0 rings (SSSR count). The average molecular weight is 243 g/mol. The molecule has 3 nitrogen and oxygen atoms in total. The van der Waals surface area contributed by atoms with E-state index in [1.54, 1.807) is 0 Å². The van der Waals surface area contributed by atoms with Gasteiger partial charge in [-0.2, -0.15) is 0 Å². The summed E-state index contributed by atoms with van der Waals surface area (Å²) in [4.78, 5) is 11.7. The molecule has 0 saturated heterocycles. The lowest BCUT2D eigenvalue weighted by Gasteiger charge is -2.16. The summed E-state index contributed by atoms with van der Waals surface area (Å²) in [6, 6.07) is 0. The van der Waals surface area contributed by atoms with Crippen molar-refractivity contribution in [2.45, 2.75) is 59.3 Å². The lowest BCUT2D eigenvalue weighted by atomic mass is 10.0. The molecule has 0 bridgehead atoms. The Kier molecular flexibility index (Phi) is 10.2. The minimum atomic E-state index is -0.0617. The van der Waals surface area contributed by atoms with Crippen LogP contribution in [0.4, 0.5) is 0 Å². The highest BCUT2D eigenvalue weighted by Crippen LogP contribution is 2.14. The lowest BCUT2D eigenvalue weighted by molar-refractivity contribution is -0.149. The van der Waals surface area contributed by atoms with E-state index in [4.69, 9.17) is 10.5 Å². The van der Waals surface area contributed by atoms with Gasteiger partial charge in [-0.1, -0.05) is 40.0 Å². The number of carbonyl (C=O) groups excluding carboxylic acids is 1. The topological polar surface area (TPSA) is 52.3 Å². The first-order valence-corrected chi connectivity index (χ1v) is 7.02. The Hall–Kier alpha value is -0.570. The third kappa shape index (κ3) is 8.19. The van der Waals surface area contributed by atoms with Crippen LogP contribution < -0.4 is 5.73 Å². The van der Waals surface area contributed by atoms with Gasteiger partial charge in [-0.3, -0.25) is 4.79 Å². The number of nitrogens with two attached hydrogens (primary N) is 1. The number of rotatable bonds is 10. The number of hydrogen-bond donors (Lipinski definition) is 1. The number of carbonyl (C=O) groups is 1. The fourth-order valence-corrected chi connectivity index (χ4v) is 1.78. The quantitative estimate of drug-likeness (QED) is 0.600. The van der Waals surface area contributed by atoms with Crippen molar-refractivity contribution < 1.29 is 9.53 Å². The van der Waals surface area contributed by atoms with Gasteiger partial charge in [-0.15, -0.1) is 0 Å². The summed E-state index contributed by atoms with van der Waals surface area (Å²) in [6.07, 6.45) is 6.41. The molecule has 0 radical (unpaired) electrons. The maximum atomic E-state index is 11.7. The van der Waals surface area contributed by atoms with Gasteiger partial charge in [0, 0.05) is 0 Å². The SMILES string of the molecule is CCCCC(CC)COC(=O)C(C)CCCN. The molecule has 0 saturated carbocycles. The van der Waals surface area contributed by atoms with Gasteiger partial charge in [0.15, 0.2) is 0 Å². The Balaban J connectivity index is 3.78. The minimum absolute atomic E-state index is 0.0118. The van der Waals surface area contributed by atoms with Crippen LogP contribution in [0.5, 0.6) is 0 Å². The van der Waals surface area contributed by atoms with Crippen LogP contribution in [0.1, 0.15) is 59.3 Å². The number of esters is 1. The fraction of sp³-hybridized carbons (Fsp3) is 0.929. The predicted octanol–water partition coefficient (Wildman–Crippen LogP) is 3.12. The molecule has 0 aromatic heterocycles. The second-order valence-electron chi connectivity index (χ2n) is 4.88. The molecule has 2 atom stereocenters. The number of hydrogen-bond acceptors (Lipinski definition) is 3. The molecular formula is C14H29NO2. The minimum Gasteiger partial charge on any atom is -0.465 e. The number of unbranched alkanes of at least 4 members (excludes halogenated alkanes) is 1. The van der Waals surface area contributed by atoms with Crippen LogP contribution in [0.25, 0.3) is 0 Å². The molecule has 0 aromatic carbocycles. The van der Waals surface area contributed by atoms with Crippen molar-refractivity contribution in [2.24, 2.45) is 17.6 Å². The van der Waals surface area contributed by atoms with E-state index >= 15 is 0 Å². The smallest absolute Gasteiger partial charge is 0.308 e. The van der Waals surface area contributed by atoms with Crippen LogP contribution in [-0.4, -0.2) is 19.1 Å². The van der Waals surface area contributed by atoms with E-state index in [1.165, 1.54) is 12.8 Å². The molecule has 3 heteroatoms. The summed E-state index contributed by atoms with van der Waals surface area (Å²) in [5.74, 6) is 0.455. The van der Waals surface area contributed by atoms with Gasteiger partial charge in [0.2, 0.25) is 0 Å². The zero-order valence-corrected chi connectivity index (χ0v) is 11.7. The van der Waals surface area contributed by atoms with E-state index in [1.807, 2.05) is 6.92 Å². The van der Waals surface area contributed by atoms with Crippen LogP contribution in [0.3, 0.4) is 0 Å². The van der Waals surface area contributed by atoms with Gasteiger partial charge < -0.3 is 10.5 Å². The Morgan fingerprint density at radius 3 is 2.47 bits per heavy atom. The van der Waals surface area contributed by atoms with Crippen LogP contribution in [0.15, 0.2) is 0 Å². The molecule has 0 spiro atoms. The highest BCUT2D eigenvalue weighted by atomic mass is 16.5. The van der Waals surface area contributed by atoms with E-state index in [2.05, 4.69) is 13.8 Å². The average Bonchev–Trinajstić information content (AvgIpc) is 2.35. The van der Waals surface area contributed by atoms with Crippen molar-refractivity contribution in [1.82, 2.24) is 0 Å². The summed E-state index contributed by atoms with van der Waals surface area (Å²) in [7, 11) is 0. The lowest BCUT2D eigenvalue weighted by Crippen LogP contribution is -2.20. The number of ether oxygens (including phenoxy) is 1. The Morgan fingerprint density at radius 1 is 1.24 bits per heavy atom. The first-order valence-electron chi connectivity index (χ1n) is 7.02. The van der Waals surface area contributed by atoms with Gasteiger partial charge in [-0.25, -0.2) is 0 Å². The molecule has 0 aliphatic heterocycles. The van der Waals surface area contributed by atoms with Crippen LogP contribution >= 0.6 is 0 Å². The first-order chi connectivity index (χ1) is 8.15. The van der Waals surface area contributed by atoms with Crippen LogP contribution in [0, 0.1) is 11.8 Å². The predicted molar refractivity (Wildman–Crippen MR) is 71.7 cm³/mol. The monoisotopic (exact) mass is 243 g/mol. The molecule has 0 aliphatic carbocycles. The van der Waals surface area contributed by atoms with E-state index in [9.17, 15) is 4.79 Å². The zero-order valence-electron chi connectivity index (χ0n) is 11.7. The maximum Gasteiger partial charge on any atom is 0.308 e. The van der Waals surface area contributed by atoms with Crippen molar-refractivity contribution >= 4 is 5.97 Å². The molecule has 2 N–H and O–H groups in total. The molecule has 0 amide bonds. The molecular weight excluding hydrogens is 214 g/mol. The van der Waals surface area contributed by atoms with Crippen molar-refractivity contribution in [3.63, 3.8) is 0 Å². The molecule has 0 aliphatic rings. The molecule has 17 heavy (non-hydrogen) atoms. The summed E-state index contributed by atoms with van der Waals surface area (Å²) < 4.78 is 5.37. The van der Waals surface area contributed by atoms with E-state index in [0.29, 0.717) is 19.1 Å². The second kappa shape index (κ2) is 10.6. The van der Waals surface area contributed by atoms with Gasteiger partial charge >= 0.3 is 5.97 Å². The van der Waals surface area contributed by atoms with Crippen molar-refractivity contribution in [1.29, 1.82) is 0 Å². The van der Waals surface area contributed by atoms with Gasteiger partial charge in [-0.05, 0) is 31.7 Å². The summed E-state index contributed by atoms with van der Waals surface area (Å²) in [6.45, 7) is 7.50. The van der Waals surface area contributed by atoms with Gasteiger partial charge in [0.25, 0.3) is 0 Å². The largest absolute Gasteiger partial charge is 0.465 e. The third-order valence-corrected chi connectivity index (χ3v) is 3.25. The third-order valence-electron chi connectivity index (χ3n) is 3.25. The van der Waals surface area contributed by atoms with Gasteiger partial charge in [0.05, 0.1) is 12.5 Å². The first kappa shape index (κ1) is 16.4. The van der Waals surface area contributed by atoms with Crippen molar-refractivity contribution in [2.75, 3.05) is 13.2 Å². The Morgan fingerprint density at radius 2 is 1.94 bits per heavy atom. The molecule has 0 aromatic rings. The molecule has 2 unspecified atom stereocenters. The van der Waals surface area contributed by atoms with Crippen LogP contribution in [-0.2, 0) is 9.53 Å². The summed E-state index contributed by atoms with van der Waals surface area (Å²) in [5.41, 5.74) is 5.42. The van der Waals surface area contributed by atoms with E-state index in [0.717, 1.165) is 25.7 Å². The van der Waals surface area contributed by atoms with E-state index in [-0.39, 0.29) is 11.9 Å². The Bertz CT molecular complexity index is 195. The highest BCUT2D eigenvalue weighted by molar-refractivity contribution is 5.71. The summed E-state index contributed by atoms with van der Waals surface area (Å²) >= 11 is 0. The molecule has 102 valence electrons.